The highest BCUT2D eigenvalue weighted by atomic mass is 19.3. The first-order chi connectivity index (χ1) is 17.5. The number of H-pyrrole nitrogens is 1. The first-order valence-corrected chi connectivity index (χ1v) is 12.0. The van der Waals surface area contributed by atoms with E-state index in [2.05, 4.69) is 51.3 Å². The lowest BCUT2D eigenvalue weighted by Gasteiger charge is -2.27. The molecule has 10 nitrogen and oxygen atoms in total. The van der Waals surface area contributed by atoms with E-state index >= 15 is 0 Å². The maximum Gasteiger partial charge on any atom is 0.333 e. The molecule has 12 heteroatoms. The number of rotatable bonds is 6. The highest BCUT2D eigenvalue weighted by Gasteiger charge is 2.21. The Bertz CT molecular complexity index is 1500. The summed E-state index contributed by atoms with van der Waals surface area (Å²) >= 11 is 0. The summed E-state index contributed by atoms with van der Waals surface area (Å²) in [6.07, 6.45) is 7.54. The van der Waals surface area contributed by atoms with Crippen LogP contribution in [0, 0.1) is 13.8 Å². The zero-order valence-corrected chi connectivity index (χ0v) is 20.0. The van der Waals surface area contributed by atoms with Crippen molar-refractivity contribution >= 4 is 34.0 Å². The Hall–Kier alpha value is -4.09. The number of alkyl halides is 2. The molecule has 36 heavy (non-hydrogen) atoms. The molecule has 0 aliphatic carbocycles. The van der Waals surface area contributed by atoms with Gasteiger partial charge in [-0.1, -0.05) is 0 Å². The lowest BCUT2D eigenvalue weighted by atomic mass is 10.1. The van der Waals surface area contributed by atoms with Crippen molar-refractivity contribution in [2.45, 2.75) is 46.2 Å². The SMILES string of the molecule is Cc1cc2nc(CNc3nc(N4CCCCC4)nc4c3ncn4-c3cnn(C(F)F)c3)[nH]c2cc1C. The minimum atomic E-state index is -2.72. The third-order valence-electron chi connectivity index (χ3n) is 6.66. The van der Waals surface area contributed by atoms with E-state index in [0.717, 1.165) is 42.8 Å². The fourth-order valence-corrected chi connectivity index (χ4v) is 4.57. The van der Waals surface area contributed by atoms with Gasteiger partial charge in [0.1, 0.15) is 12.2 Å². The number of nitrogens with one attached hydrogen (secondary N) is 2. The van der Waals surface area contributed by atoms with Crippen LogP contribution in [0.25, 0.3) is 27.9 Å². The molecular weight excluding hydrogens is 466 g/mol. The Kier molecular flexibility index (Phi) is 5.50. The van der Waals surface area contributed by atoms with Crippen LogP contribution >= 0.6 is 0 Å². The zero-order chi connectivity index (χ0) is 24.8. The number of fused-ring (bicyclic) bond motifs is 2. The van der Waals surface area contributed by atoms with Gasteiger partial charge in [0.25, 0.3) is 0 Å². The molecular formula is C24H26F2N10. The third kappa shape index (κ3) is 4.01. The molecule has 0 atom stereocenters. The van der Waals surface area contributed by atoms with E-state index in [9.17, 15) is 8.78 Å². The first-order valence-electron chi connectivity index (χ1n) is 12.0. The largest absolute Gasteiger partial charge is 0.361 e. The van der Waals surface area contributed by atoms with Crippen molar-refractivity contribution in [2.24, 2.45) is 0 Å². The molecule has 0 unspecified atom stereocenters. The molecule has 1 fully saturated rings. The van der Waals surface area contributed by atoms with Crippen LogP contribution in [0.4, 0.5) is 20.5 Å². The number of benzene rings is 1. The molecule has 1 aliphatic heterocycles. The van der Waals surface area contributed by atoms with Crippen LogP contribution in [0.5, 0.6) is 0 Å². The van der Waals surface area contributed by atoms with E-state index in [4.69, 9.17) is 15.0 Å². The van der Waals surface area contributed by atoms with Gasteiger partial charge in [-0.25, -0.2) is 14.6 Å². The molecule has 5 aromatic rings. The molecule has 0 bridgehead atoms. The van der Waals surface area contributed by atoms with Crippen LogP contribution < -0.4 is 10.2 Å². The summed E-state index contributed by atoms with van der Waals surface area (Å²) in [5.74, 6) is 1.93. The van der Waals surface area contributed by atoms with Crippen molar-refractivity contribution < 1.29 is 8.78 Å². The number of aromatic amines is 1. The van der Waals surface area contributed by atoms with Crippen LogP contribution in [0.15, 0.2) is 30.9 Å². The summed E-state index contributed by atoms with van der Waals surface area (Å²) < 4.78 is 28.5. The Morgan fingerprint density at radius 1 is 1.06 bits per heavy atom. The number of imidazole rings is 2. The summed E-state index contributed by atoms with van der Waals surface area (Å²) in [4.78, 5) is 24.3. The quantitative estimate of drug-likeness (QED) is 0.359. The lowest BCUT2D eigenvalue weighted by molar-refractivity contribution is 0.0566. The monoisotopic (exact) mass is 492 g/mol. The molecule has 1 aliphatic rings. The second kappa shape index (κ2) is 8.85. The van der Waals surface area contributed by atoms with Crippen LogP contribution in [-0.2, 0) is 6.54 Å². The minimum Gasteiger partial charge on any atom is -0.361 e. The molecule has 0 saturated carbocycles. The number of hydrogen-bond acceptors (Lipinski definition) is 7. The number of aromatic nitrogens is 8. The molecule has 5 heterocycles. The number of aryl methyl sites for hydroxylation is 2. The molecule has 0 amide bonds. The normalized spacial score (nSPS) is 14.4. The van der Waals surface area contributed by atoms with Crippen molar-refractivity contribution in [3.8, 4) is 5.69 Å². The van der Waals surface area contributed by atoms with Crippen LogP contribution in [0.1, 0.15) is 42.8 Å². The summed E-state index contributed by atoms with van der Waals surface area (Å²) in [6.45, 7) is 3.57. The van der Waals surface area contributed by atoms with Crippen molar-refractivity contribution in [3.05, 3.63) is 47.8 Å². The lowest BCUT2D eigenvalue weighted by Crippen LogP contribution is -2.31. The first kappa shape index (κ1) is 22.4. The zero-order valence-electron chi connectivity index (χ0n) is 20.0. The van der Waals surface area contributed by atoms with E-state index in [1.807, 2.05) is 0 Å². The summed E-state index contributed by atoms with van der Waals surface area (Å²) in [6, 6.07) is 4.17. The maximum atomic E-state index is 13.1. The summed E-state index contributed by atoms with van der Waals surface area (Å²) in [5, 5.41) is 7.13. The van der Waals surface area contributed by atoms with Gasteiger partial charge in [-0.2, -0.15) is 23.8 Å². The standard InChI is InChI=1S/C24H26F2N10/c1-14-8-17-18(9-15(14)2)31-19(30-17)11-27-21-20-22(33-24(32-21)34-6-4-3-5-7-34)35(13-28-20)16-10-29-36(12-16)23(25)26/h8-10,12-13,23H,3-7,11H2,1-2H3,(H,30,31)(H,27,32,33). The van der Waals surface area contributed by atoms with E-state index in [0.29, 0.717) is 39.8 Å². The summed E-state index contributed by atoms with van der Waals surface area (Å²) in [7, 11) is 0. The Balaban J connectivity index is 1.38. The predicted molar refractivity (Wildman–Crippen MR) is 133 cm³/mol. The van der Waals surface area contributed by atoms with Gasteiger partial charge in [0.05, 0.1) is 35.7 Å². The number of piperidine rings is 1. The van der Waals surface area contributed by atoms with E-state index < -0.39 is 6.55 Å². The predicted octanol–water partition coefficient (Wildman–Crippen LogP) is 4.50. The molecule has 4 aromatic heterocycles. The van der Waals surface area contributed by atoms with Gasteiger partial charge in [0.15, 0.2) is 17.0 Å². The van der Waals surface area contributed by atoms with E-state index in [-0.39, 0.29) is 0 Å². The minimum absolute atomic E-state index is 0.411. The molecule has 2 N–H and O–H groups in total. The maximum absolute atomic E-state index is 13.1. The van der Waals surface area contributed by atoms with Crippen LogP contribution in [0.3, 0.4) is 0 Å². The number of anilines is 2. The number of nitrogens with zero attached hydrogens (tertiary/aromatic N) is 8. The van der Waals surface area contributed by atoms with E-state index in [1.54, 1.807) is 10.9 Å². The van der Waals surface area contributed by atoms with Gasteiger partial charge in [-0.15, -0.1) is 0 Å². The molecule has 1 saturated heterocycles. The van der Waals surface area contributed by atoms with E-state index in [1.165, 1.54) is 29.9 Å². The molecule has 1 aromatic carbocycles. The molecule has 186 valence electrons. The number of hydrogen-bond donors (Lipinski definition) is 2. The van der Waals surface area contributed by atoms with Gasteiger partial charge in [-0.05, 0) is 56.4 Å². The summed E-state index contributed by atoms with van der Waals surface area (Å²) in [5.41, 5.74) is 5.82. The second-order valence-corrected chi connectivity index (χ2v) is 9.15. The Morgan fingerprint density at radius 2 is 1.86 bits per heavy atom. The van der Waals surface area contributed by atoms with Gasteiger partial charge in [0, 0.05) is 13.1 Å². The van der Waals surface area contributed by atoms with Crippen LogP contribution in [-0.4, -0.2) is 52.4 Å². The van der Waals surface area contributed by atoms with Gasteiger partial charge in [0.2, 0.25) is 5.95 Å². The third-order valence-corrected chi connectivity index (χ3v) is 6.66. The van der Waals surface area contributed by atoms with Gasteiger partial charge >= 0.3 is 6.55 Å². The Labute approximate surface area is 205 Å². The smallest absolute Gasteiger partial charge is 0.333 e. The highest BCUT2D eigenvalue weighted by molar-refractivity contribution is 5.85. The van der Waals surface area contributed by atoms with Crippen molar-refractivity contribution in [2.75, 3.05) is 23.3 Å². The van der Waals surface area contributed by atoms with Gasteiger partial charge < -0.3 is 15.2 Å². The average molecular weight is 493 g/mol. The highest BCUT2D eigenvalue weighted by Crippen LogP contribution is 2.27. The average Bonchev–Trinajstić information content (AvgIpc) is 3.61. The number of halogens is 2. The topological polar surface area (TPSA) is 105 Å². The van der Waals surface area contributed by atoms with Crippen molar-refractivity contribution in [1.29, 1.82) is 0 Å². The molecule has 0 radical (unpaired) electrons. The molecule has 0 spiro atoms. The van der Waals surface area contributed by atoms with Gasteiger partial charge in [-0.3, -0.25) is 4.57 Å². The molecule has 6 rings (SSSR count). The van der Waals surface area contributed by atoms with Crippen molar-refractivity contribution in [1.82, 2.24) is 39.3 Å². The second-order valence-electron chi connectivity index (χ2n) is 9.15. The Morgan fingerprint density at radius 3 is 2.64 bits per heavy atom. The fraction of sp³-hybridized carbons (Fsp3) is 0.375. The fourth-order valence-electron chi connectivity index (χ4n) is 4.57. The van der Waals surface area contributed by atoms with Crippen molar-refractivity contribution in [3.63, 3.8) is 0 Å². The van der Waals surface area contributed by atoms with Crippen LogP contribution in [0.2, 0.25) is 0 Å².